The number of nitrogens with zero attached hydrogens (tertiary/aromatic N) is 2. The third kappa shape index (κ3) is 6.96. The van der Waals surface area contributed by atoms with Crippen molar-refractivity contribution in [3.8, 4) is 0 Å². The van der Waals surface area contributed by atoms with Crippen LogP contribution in [0.3, 0.4) is 0 Å². The van der Waals surface area contributed by atoms with Crippen molar-refractivity contribution in [2.45, 2.75) is 77.6 Å². The van der Waals surface area contributed by atoms with Gasteiger partial charge in [0.25, 0.3) is 0 Å². The topological polar surface area (TPSA) is 24.7 Å². The first-order chi connectivity index (χ1) is 14.3. The summed E-state index contributed by atoms with van der Waals surface area (Å²) in [5, 5.41) is 8.44. The van der Waals surface area contributed by atoms with Gasteiger partial charge in [0.15, 0.2) is 0 Å². The van der Waals surface area contributed by atoms with E-state index in [1.54, 1.807) is 0 Å². The largest absolute Gasteiger partial charge is 0.159 e. The fourth-order valence-electron chi connectivity index (χ4n) is 4.31. The Morgan fingerprint density at radius 3 is 1.90 bits per heavy atom. The van der Waals surface area contributed by atoms with Crippen LogP contribution in [0.15, 0.2) is 58.7 Å². The summed E-state index contributed by atoms with van der Waals surface area (Å²) in [5.41, 5.74) is 5.10. The Morgan fingerprint density at radius 1 is 0.759 bits per heavy atom. The maximum absolute atomic E-state index is 4.23. The predicted molar refractivity (Wildman–Crippen MR) is 126 cm³/mol. The molecule has 0 amide bonds. The summed E-state index contributed by atoms with van der Waals surface area (Å²) in [6, 6.07) is 17.6. The molecule has 0 radical (unpaired) electrons. The fraction of sp³-hybridized carbons (Fsp3) is 0.481. The van der Waals surface area contributed by atoms with E-state index < -0.39 is 0 Å². The maximum Gasteiger partial charge on any atom is 0.0568 e. The lowest BCUT2D eigenvalue weighted by atomic mass is 9.78. The third-order valence-electron chi connectivity index (χ3n) is 6.36. The minimum Gasteiger partial charge on any atom is -0.159 e. The van der Waals surface area contributed by atoms with Crippen LogP contribution in [0, 0.1) is 5.92 Å². The summed E-state index contributed by atoms with van der Waals surface area (Å²) in [6.07, 6.45) is 15.5. The van der Waals surface area contributed by atoms with Crippen LogP contribution in [0.25, 0.3) is 0 Å². The summed E-state index contributed by atoms with van der Waals surface area (Å²) in [6.45, 7) is 4.57. The van der Waals surface area contributed by atoms with Crippen LogP contribution in [-0.4, -0.2) is 12.4 Å². The van der Waals surface area contributed by atoms with Crippen LogP contribution in [-0.2, 0) is 6.42 Å². The third-order valence-corrected chi connectivity index (χ3v) is 6.36. The molecule has 0 spiro atoms. The van der Waals surface area contributed by atoms with Gasteiger partial charge in [-0.1, -0.05) is 81.6 Å². The number of hydrogen-bond acceptors (Lipinski definition) is 2. The van der Waals surface area contributed by atoms with Gasteiger partial charge in [-0.2, -0.15) is 10.2 Å². The highest BCUT2D eigenvalue weighted by Gasteiger charge is 2.20. The fourth-order valence-corrected chi connectivity index (χ4v) is 4.31. The summed E-state index contributed by atoms with van der Waals surface area (Å²) < 4.78 is 0. The van der Waals surface area contributed by atoms with Crippen molar-refractivity contribution >= 4 is 12.4 Å². The Kier molecular flexibility index (Phi) is 8.67. The van der Waals surface area contributed by atoms with Gasteiger partial charge in [0.05, 0.1) is 12.4 Å². The van der Waals surface area contributed by atoms with Gasteiger partial charge in [0.1, 0.15) is 0 Å². The molecule has 0 aliphatic heterocycles. The van der Waals surface area contributed by atoms with Gasteiger partial charge in [-0.15, -0.1) is 0 Å². The van der Waals surface area contributed by atoms with Gasteiger partial charge < -0.3 is 0 Å². The zero-order valence-electron chi connectivity index (χ0n) is 18.2. The molecule has 2 heteroatoms. The van der Waals surface area contributed by atoms with Crippen LogP contribution in [0.1, 0.15) is 93.4 Å². The van der Waals surface area contributed by atoms with Crippen LogP contribution < -0.4 is 0 Å². The minimum absolute atomic E-state index is 0.742. The van der Waals surface area contributed by atoms with Crippen molar-refractivity contribution in [1.82, 2.24) is 0 Å². The zero-order valence-corrected chi connectivity index (χ0v) is 18.2. The second-order valence-corrected chi connectivity index (χ2v) is 8.48. The van der Waals surface area contributed by atoms with Crippen molar-refractivity contribution in [1.29, 1.82) is 0 Å². The summed E-state index contributed by atoms with van der Waals surface area (Å²) in [5.74, 6) is 1.69. The standard InChI is InChI=1S/C27H36N2/c1-3-5-6-7-23-8-10-24(11-9-23)20-28-29-21-25-14-18-27(19-15-25)26-16-12-22(4-2)13-17-26/h8-11,14-15,18-22,26H,3-7,12-13,16-17H2,1-2H3/t22-,26-. The van der Waals surface area contributed by atoms with Gasteiger partial charge >= 0.3 is 0 Å². The molecule has 0 unspecified atom stereocenters. The van der Waals surface area contributed by atoms with Crippen molar-refractivity contribution in [3.05, 3.63) is 70.8 Å². The van der Waals surface area contributed by atoms with E-state index in [2.05, 4.69) is 72.6 Å². The molecule has 1 aliphatic rings. The minimum atomic E-state index is 0.742. The highest BCUT2D eigenvalue weighted by molar-refractivity contribution is 5.82. The molecular formula is C27H36N2. The first-order valence-electron chi connectivity index (χ1n) is 11.5. The zero-order chi connectivity index (χ0) is 20.3. The normalized spacial score (nSPS) is 19.9. The van der Waals surface area contributed by atoms with Crippen LogP contribution in [0.4, 0.5) is 0 Å². The average Bonchev–Trinajstić information content (AvgIpc) is 2.78. The number of aryl methyl sites for hydroxylation is 1. The second-order valence-electron chi connectivity index (χ2n) is 8.48. The van der Waals surface area contributed by atoms with Gasteiger partial charge in [-0.05, 0) is 72.6 Å². The summed E-state index contributed by atoms with van der Waals surface area (Å²) >= 11 is 0. The number of benzene rings is 2. The Balaban J connectivity index is 1.47. The lowest BCUT2D eigenvalue weighted by molar-refractivity contribution is 0.319. The van der Waals surface area contributed by atoms with Crippen molar-refractivity contribution in [3.63, 3.8) is 0 Å². The van der Waals surface area contributed by atoms with E-state index >= 15 is 0 Å². The maximum atomic E-state index is 4.23. The quantitative estimate of drug-likeness (QED) is 0.240. The Bertz CT molecular complexity index is 763. The molecule has 1 fully saturated rings. The van der Waals surface area contributed by atoms with Crippen LogP contribution >= 0.6 is 0 Å². The molecule has 154 valence electrons. The molecule has 0 aromatic heterocycles. The number of hydrogen-bond donors (Lipinski definition) is 0. The van der Waals surface area contributed by atoms with Crippen LogP contribution in [0.5, 0.6) is 0 Å². The van der Waals surface area contributed by atoms with Crippen molar-refractivity contribution in [2.75, 3.05) is 0 Å². The molecule has 0 atom stereocenters. The van der Waals surface area contributed by atoms with E-state index in [-0.39, 0.29) is 0 Å². The van der Waals surface area contributed by atoms with E-state index in [1.165, 1.54) is 68.9 Å². The van der Waals surface area contributed by atoms with E-state index in [0.29, 0.717) is 0 Å². The summed E-state index contributed by atoms with van der Waals surface area (Å²) in [7, 11) is 0. The molecule has 2 nitrogen and oxygen atoms in total. The number of rotatable bonds is 9. The van der Waals surface area contributed by atoms with Crippen LogP contribution in [0.2, 0.25) is 0 Å². The number of unbranched alkanes of at least 4 members (excludes halogenated alkanes) is 2. The second kappa shape index (κ2) is 11.7. The SMILES string of the molecule is CCCCCc1ccc(C=NN=Cc2ccc([C@H]3CC[C@H](CC)CC3)cc2)cc1. The highest BCUT2D eigenvalue weighted by Crippen LogP contribution is 2.36. The molecule has 2 aromatic carbocycles. The van der Waals surface area contributed by atoms with E-state index in [0.717, 1.165) is 23.0 Å². The smallest absolute Gasteiger partial charge is 0.0568 e. The molecular weight excluding hydrogens is 352 g/mol. The van der Waals surface area contributed by atoms with E-state index in [4.69, 9.17) is 0 Å². The van der Waals surface area contributed by atoms with Gasteiger partial charge in [-0.3, -0.25) is 0 Å². The Hall–Kier alpha value is -2.22. The first kappa shape index (κ1) is 21.5. The van der Waals surface area contributed by atoms with E-state index in [9.17, 15) is 0 Å². The average molecular weight is 389 g/mol. The lowest BCUT2D eigenvalue weighted by Gasteiger charge is -2.28. The Labute approximate surface area is 177 Å². The molecule has 2 aromatic rings. The van der Waals surface area contributed by atoms with Gasteiger partial charge in [-0.25, -0.2) is 0 Å². The molecule has 0 saturated heterocycles. The molecule has 0 N–H and O–H groups in total. The molecule has 1 aliphatic carbocycles. The lowest BCUT2D eigenvalue weighted by Crippen LogP contribution is -2.12. The highest BCUT2D eigenvalue weighted by atomic mass is 15.2. The van der Waals surface area contributed by atoms with Gasteiger partial charge in [0.2, 0.25) is 0 Å². The molecule has 0 bridgehead atoms. The van der Waals surface area contributed by atoms with E-state index in [1.807, 2.05) is 12.4 Å². The monoisotopic (exact) mass is 388 g/mol. The predicted octanol–water partition coefficient (Wildman–Crippen LogP) is 7.56. The molecule has 1 saturated carbocycles. The first-order valence-corrected chi connectivity index (χ1v) is 11.5. The van der Waals surface area contributed by atoms with Gasteiger partial charge in [0, 0.05) is 0 Å². The van der Waals surface area contributed by atoms with Crippen molar-refractivity contribution in [2.24, 2.45) is 16.1 Å². The Morgan fingerprint density at radius 2 is 1.34 bits per heavy atom. The molecule has 3 rings (SSSR count). The molecule has 29 heavy (non-hydrogen) atoms. The van der Waals surface area contributed by atoms with Crippen molar-refractivity contribution < 1.29 is 0 Å². The molecule has 0 heterocycles. The summed E-state index contributed by atoms with van der Waals surface area (Å²) in [4.78, 5) is 0.